The smallest absolute Gasteiger partial charge is 0.186 e. The first-order valence-corrected chi connectivity index (χ1v) is 15.7. The van der Waals surface area contributed by atoms with Crippen molar-refractivity contribution < 1.29 is 4.79 Å². The van der Waals surface area contributed by atoms with E-state index in [0.717, 1.165) is 16.7 Å². The van der Waals surface area contributed by atoms with Crippen LogP contribution in [0.4, 0.5) is 0 Å². The Kier molecular flexibility index (Phi) is 5.57. The van der Waals surface area contributed by atoms with Crippen molar-refractivity contribution in [1.82, 2.24) is 0 Å². The van der Waals surface area contributed by atoms with Gasteiger partial charge in [-0.3, -0.25) is 4.79 Å². The maximum atomic E-state index is 14.1. The molecule has 0 bridgehead atoms. The number of Topliss-reactive ketones (excluding diaryl/α,β-unsaturated/α-hetero) is 1. The van der Waals surface area contributed by atoms with Gasteiger partial charge < -0.3 is 0 Å². The monoisotopic (exact) mass is 568 g/mol. The Morgan fingerprint density at radius 3 is 0.955 bits per heavy atom. The highest BCUT2D eigenvalue weighted by Crippen LogP contribution is 2.58. The second-order valence-corrected chi connectivity index (χ2v) is 14.5. The van der Waals surface area contributed by atoms with Crippen LogP contribution in [0.2, 0.25) is 0 Å². The van der Waals surface area contributed by atoms with Crippen molar-refractivity contribution in [2.24, 2.45) is 10.8 Å². The maximum Gasteiger partial charge on any atom is 0.186 e. The Morgan fingerprint density at radius 2 is 0.659 bits per heavy atom. The van der Waals surface area contributed by atoms with E-state index < -0.39 is 0 Å². The summed E-state index contributed by atoms with van der Waals surface area (Å²) in [5.74, 6) is 0.166. The fraction of sp³-hybridized carbons (Fsp3) is 0.186. The van der Waals surface area contributed by atoms with Gasteiger partial charge in [0.05, 0.1) is 0 Å². The van der Waals surface area contributed by atoms with Gasteiger partial charge in [-0.15, -0.1) is 0 Å². The van der Waals surface area contributed by atoms with Crippen LogP contribution < -0.4 is 0 Å². The minimum atomic E-state index is -0.297. The summed E-state index contributed by atoms with van der Waals surface area (Å²) in [6.45, 7) is 13.0. The van der Waals surface area contributed by atoms with E-state index in [1.807, 2.05) is 0 Å². The highest BCUT2D eigenvalue weighted by atomic mass is 16.1. The molecule has 2 aliphatic rings. The quantitative estimate of drug-likeness (QED) is 0.166. The first-order valence-electron chi connectivity index (χ1n) is 15.7. The van der Waals surface area contributed by atoms with Crippen LogP contribution in [0, 0.1) is 10.8 Å². The van der Waals surface area contributed by atoms with E-state index in [0.29, 0.717) is 0 Å². The number of hydrogen-bond acceptors (Lipinski definition) is 1. The zero-order valence-electron chi connectivity index (χ0n) is 26.3. The van der Waals surface area contributed by atoms with Crippen molar-refractivity contribution >= 4 is 54.4 Å². The molecule has 0 radical (unpaired) electrons. The standard InChI is InChI=1S/C43H36O/c1-42(2,3)34-23-25(24-35(41(34)44)43(4,5)6)36-37-30-19-11-7-15-26(30)28-17-9-13-21-32(28)39(37)40-33-22-14-10-18-29(33)27-16-8-12-20-31(27)38(36)40/h7-24H,1-6H3. The highest BCUT2D eigenvalue weighted by Gasteiger charge is 2.38. The average molecular weight is 569 g/mol. The third-order valence-corrected chi connectivity index (χ3v) is 9.61. The molecule has 8 rings (SSSR count). The molecule has 0 spiro atoms. The van der Waals surface area contributed by atoms with Crippen molar-refractivity contribution in [2.75, 3.05) is 0 Å². The van der Waals surface area contributed by atoms with Crippen LogP contribution in [-0.2, 0) is 4.79 Å². The van der Waals surface area contributed by atoms with E-state index in [9.17, 15) is 4.79 Å². The highest BCUT2D eigenvalue weighted by molar-refractivity contribution is 6.32. The molecular weight excluding hydrogens is 532 g/mol. The molecule has 0 saturated carbocycles. The summed E-state index contributed by atoms with van der Waals surface area (Å²) in [4.78, 5) is 14.1. The molecule has 0 N–H and O–H groups in total. The van der Waals surface area contributed by atoms with Gasteiger partial charge in [0.1, 0.15) is 0 Å². The molecule has 0 atom stereocenters. The number of rotatable bonds is 0. The van der Waals surface area contributed by atoms with E-state index in [4.69, 9.17) is 0 Å². The van der Waals surface area contributed by atoms with Crippen LogP contribution in [0.5, 0.6) is 0 Å². The van der Waals surface area contributed by atoms with Crippen molar-refractivity contribution in [1.29, 1.82) is 0 Å². The first-order chi connectivity index (χ1) is 21.1. The lowest BCUT2D eigenvalue weighted by molar-refractivity contribution is -0.114. The summed E-state index contributed by atoms with van der Waals surface area (Å²) in [5, 5.41) is 10.1. The van der Waals surface area contributed by atoms with E-state index in [-0.39, 0.29) is 16.6 Å². The molecule has 0 amide bonds. The molecule has 0 aliphatic heterocycles. The first kappa shape index (κ1) is 26.8. The summed E-state index contributed by atoms with van der Waals surface area (Å²) in [5.41, 5.74) is 8.65. The van der Waals surface area contributed by atoms with Gasteiger partial charge in [0.15, 0.2) is 5.78 Å². The summed E-state index contributed by atoms with van der Waals surface area (Å²) < 4.78 is 0. The average Bonchev–Trinajstić information content (AvgIpc) is 3.37. The van der Waals surface area contributed by atoms with Gasteiger partial charge in [-0.2, -0.15) is 0 Å². The molecule has 0 saturated heterocycles. The molecular formula is C43H36O. The number of carbonyl (C=O) groups is 1. The number of hydrogen-bond donors (Lipinski definition) is 0. The normalized spacial score (nSPS) is 15.3. The molecule has 44 heavy (non-hydrogen) atoms. The van der Waals surface area contributed by atoms with Crippen LogP contribution in [0.25, 0.3) is 59.8 Å². The van der Waals surface area contributed by atoms with E-state index >= 15 is 0 Å². The fourth-order valence-corrected chi connectivity index (χ4v) is 7.62. The molecule has 2 aliphatic carbocycles. The summed E-state index contributed by atoms with van der Waals surface area (Å²) >= 11 is 0. The third kappa shape index (κ3) is 3.69. The van der Waals surface area contributed by atoms with Crippen LogP contribution in [0.3, 0.4) is 0 Å². The van der Waals surface area contributed by atoms with Crippen LogP contribution in [0.15, 0.2) is 126 Å². The van der Waals surface area contributed by atoms with E-state index in [1.165, 1.54) is 70.9 Å². The summed E-state index contributed by atoms with van der Waals surface area (Å²) in [7, 11) is 0. The molecule has 0 fully saturated rings. The molecule has 0 aromatic heterocycles. The third-order valence-electron chi connectivity index (χ3n) is 9.61. The number of ketones is 1. The van der Waals surface area contributed by atoms with Crippen molar-refractivity contribution in [3.05, 3.63) is 137 Å². The molecule has 1 heteroatoms. The van der Waals surface area contributed by atoms with Crippen molar-refractivity contribution in [3.8, 4) is 11.1 Å². The van der Waals surface area contributed by atoms with E-state index in [1.54, 1.807) is 0 Å². The Bertz CT molecular complexity index is 2180. The lowest BCUT2D eigenvalue weighted by Gasteiger charge is -2.32. The lowest BCUT2D eigenvalue weighted by atomic mass is 9.71. The van der Waals surface area contributed by atoms with Gasteiger partial charge in [-0.05, 0) is 99.5 Å². The molecule has 6 aromatic carbocycles. The largest absolute Gasteiger partial charge is 0.289 e. The number of fused-ring (bicyclic) bond motifs is 13. The van der Waals surface area contributed by atoms with Gasteiger partial charge in [0, 0.05) is 11.1 Å². The van der Waals surface area contributed by atoms with Gasteiger partial charge in [0.2, 0.25) is 0 Å². The Labute approximate surface area is 259 Å². The van der Waals surface area contributed by atoms with Crippen LogP contribution in [-0.4, -0.2) is 5.78 Å². The Balaban J connectivity index is 1.70. The topological polar surface area (TPSA) is 17.1 Å². The van der Waals surface area contributed by atoms with Crippen LogP contribution in [0.1, 0.15) is 52.7 Å². The number of benzene rings is 6. The second kappa shape index (κ2) is 9.13. The predicted octanol–water partition coefficient (Wildman–Crippen LogP) is 11.6. The minimum absolute atomic E-state index is 0.166. The number of allylic oxidation sites excluding steroid dienone is 5. The molecule has 1 nitrogen and oxygen atoms in total. The van der Waals surface area contributed by atoms with Crippen molar-refractivity contribution in [3.63, 3.8) is 0 Å². The zero-order chi connectivity index (χ0) is 30.5. The number of carbonyl (C=O) groups excluding carboxylic acids is 1. The predicted molar refractivity (Wildman–Crippen MR) is 188 cm³/mol. The summed E-state index contributed by atoms with van der Waals surface area (Å²) in [6.07, 6.45) is 4.42. The maximum absolute atomic E-state index is 14.1. The SMILES string of the molecule is CC(C)(C)C1=CC(=C2c3c(c4ccccc4c4ccccc34)-c3c2c2ccccc2c2ccccc32)C=C(C(C)(C)C)C1=O. The van der Waals surface area contributed by atoms with Crippen molar-refractivity contribution in [2.45, 2.75) is 41.5 Å². The van der Waals surface area contributed by atoms with Gasteiger partial charge >= 0.3 is 0 Å². The van der Waals surface area contributed by atoms with Gasteiger partial charge in [0.25, 0.3) is 0 Å². The second-order valence-electron chi connectivity index (χ2n) is 14.5. The van der Waals surface area contributed by atoms with Gasteiger partial charge in [-0.25, -0.2) is 0 Å². The molecule has 6 aromatic rings. The zero-order valence-corrected chi connectivity index (χ0v) is 26.3. The van der Waals surface area contributed by atoms with Crippen LogP contribution >= 0.6 is 0 Å². The fourth-order valence-electron chi connectivity index (χ4n) is 7.62. The Hall–Kier alpha value is -4.75. The summed E-state index contributed by atoms with van der Waals surface area (Å²) in [6, 6.07) is 35.5. The van der Waals surface area contributed by atoms with E-state index in [2.05, 4.69) is 151 Å². The lowest BCUT2D eigenvalue weighted by Crippen LogP contribution is -2.28. The molecule has 0 unspecified atom stereocenters. The van der Waals surface area contributed by atoms with Gasteiger partial charge in [-0.1, -0.05) is 139 Å². The Morgan fingerprint density at radius 1 is 0.386 bits per heavy atom. The molecule has 214 valence electrons. The molecule has 0 heterocycles. The minimum Gasteiger partial charge on any atom is -0.289 e.